The van der Waals surface area contributed by atoms with Crippen LogP contribution >= 0.6 is 7.36 Å². The lowest BCUT2D eigenvalue weighted by atomic mass is 10.1. The van der Waals surface area contributed by atoms with Gasteiger partial charge in [0.15, 0.2) is 0 Å². The van der Waals surface area contributed by atoms with E-state index in [-0.39, 0.29) is 5.16 Å². The van der Waals surface area contributed by atoms with Gasteiger partial charge >= 0.3 is 0 Å². The lowest BCUT2D eigenvalue weighted by Gasteiger charge is -2.46. The maximum atomic E-state index is 5.26. The summed E-state index contributed by atoms with van der Waals surface area (Å²) in [7, 11) is 6.78. The molecule has 20 heavy (non-hydrogen) atoms. The second-order valence-electron chi connectivity index (χ2n) is 6.82. The van der Waals surface area contributed by atoms with E-state index in [0.29, 0.717) is 0 Å². The van der Waals surface area contributed by atoms with Gasteiger partial charge in [-0.25, -0.2) is 4.74 Å². The number of hydrogen-bond donors (Lipinski definition) is 0. The van der Waals surface area contributed by atoms with Crippen molar-refractivity contribution in [2.24, 2.45) is 4.74 Å². The molecule has 0 atom stereocenters. The first-order valence-electron chi connectivity index (χ1n) is 7.07. The maximum Gasteiger partial charge on any atom is 0.107 e. The van der Waals surface area contributed by atoms with E-state index in [1.165, 1.54) is 11.1 Å². The first kappa shape index (κ1) is 17.4. The molecule has 3 nitrogen and oxygen atoms in total. The third-order valence-corrected chi connectivity index (χ3v) is 8.14. The van der Waals surface area contributed by atoms with Crippen molar-refractivity contribution in [1.29, 1.82) is 0 Å². The molecule has 0 N–H and O–H groups in total. The molecule has 0 heterocycles. The summed E-state index contributed by atoms with van der Waals surface area (Å²) in [4.78, 5) is 0. The van der Waals surface area contributed by atoms with Gasteiger partial charge < -0.3 is 0 Å². The van der Waals surface area contributed by atoms with Crippen molar-refractivity contribution >= 4 is 13.0 Å². The summed E-state index contributed by atoms with van der Waals surface area (Å²) >= 11 is 0. The Labute approximate surface area is 125 Å². The fraction of sp³-hybridized carbons (Fsp3) is 0.625. The summed E-state index contributed by atoms with van der Waals surface area (Å²) in [5.41, 5.74) is 3.65. The van der Waals surface area contributed by atoms with E-state index in [1.54, 1.807) is 0 Å². The minimum absolute atomic E-state index is 0.0946. The van der Waals surface area contributed by atoms with E-state index >= 15 is 0 Å². The predicted molar refractivity (Wildman–Crippen MR) is 92.1 cm³/mol. The van der Waals surface area contributed by atoms with Crippen LogP contribution in [-0.4, -0.2) is 42.7 Å². The Kier molecular flexibility index (Phi) is 5.23. The van der Waals surface area contributed by atoms with E-state index in [1.807, 2.05) is 0 Å². The van der Waals surface area contributed by atoms with E-state index < -0.39 is 7.36 Å². The number of rotatable bonds is 3. The fourth-order valence-electron chi connectivity index (χ4n) is 2.95. The summed E-state index contributed by atoms with van der Waals surface area (Å²) in [6, 6.07) is 6.51. The fourth-order valence-corrected chi connectivity index (χ4v) is 7.25. The van der Waals surface area contributed by atoms with Crippen molar-refractivity contribution in [3.05, 3.63) is 29.3 Å². The molecule has 1 aromatic rings. The minimum atomic E-state index is -1.80. The van der Waals surface area contributed by atoms with E-state index in [4.69, 9.17) is 4.74 Å². The Morgan fingerprint density at radius 2 is 1.45 bits per heavy atom. The molecule has 4 heteroatoms. The summed E-state index contributed by atoms with van der Waals surface area (Å²) in [6.45, 7) is 11.1. The highest BCUT2D eigenvalue weighted by Gasteiger charge is 2.38. The maximum absolute atomic E-state index is 5.26. The van der Waals surface area contributed by atoms with Gasteiger partial charge in [0.25, 0.3) is 0 Å². The van der Waals surface area contributed by atoms with E-state index in [2.05, 4.69) is 90.3 Å². The van der Waals surface area contributed by atoms with Crippen LogP contribution in [0.5, 0.6) is 0 Å². The van der Waals surface area contributed by atoms with Gasteiger partial charge in [0.05, 0.1) is 5.69 Å². The molecule has 0 spiro atoms. The number of nitrogens with zero attached hydrogens (tertiary/aromatic N) is 3. The molecular formula is C16H30N3P. The predicted octanol–water partition coefficient (Wildman–Crippen LogP) is 4.89. The van der Waals surface area contributed by atoms with Gasteiger partial charge in [0.1, 0.15) is 7.36 Å². The molecule has 0 saturated carbocycles. The van der Waals surface area contributed by atoms with Crippen molar-refractivity contribution in [3.8, 4) is 0 Å². The zero-order valence-electron chi connectivity index (χ0n) is 14.5. The third kappa shape index (κ3) is 3.16. The first-order chi connectivity index (χ1) is 9.02. The molecule has 0 unspecified atom stereocenters. The Morgan fingerprint density at radius 1 is 0.950 bits per heavy atom. The highest BCUT2D eigenvalue weighted by Crippen LogP contribution is 2.65. The molecule has 0 aromatic heterocycles. The average molecular weight is 295 g/mol. The normalized spacial score (nSPS) is 13.2. The van der Waals surface area contributed by atoms with Crippen LogP contribution in [0, 0.1) is 13.8 Å². The van der Waals surface area contributed by atoms with Gasteiger partial charge in [0, 0.05) is 5.16 Å². The van der Waals surface area contributed by atoms with Crippen LogP contribution in [0.2, 0.25) is 0 Å². The van der Waals surface area contributed by atoms with Crippen molar-refractivity contribution in [2.45, 2.75) is 39.8 Å². The van der Waals surface area contributed by atoms with Gasteiger partial charge in [-0.15, -0.1) is 0 Å². The first-order valence-corrected chi connectivity index (χ1v) is 8.72. The molecule has 0 aliphatic heterocycles. The standard InChI is InChI=1S/C16H30N3P/c1-13-10-11-15(14(2)12-13)17-20(18(6)7,19(8)9)16(3,4)5/h10-12H,1-9H3. The van der Waals surface area contributed by atoms with Crippen LogP contribution in [0.25, 0.3) is 0 Å². The molecule has 0 fully saturated rings. The summed E-state index contributed by atoms with van der Waals surface area (Å²) in [5, 5.41) is 0.0946. The van der Waals surface area contributed by atoms with Crippen molar-refractivity contribution < 1.29 is 0 Å². The lowest BCUT2D eigenvalue weighted by Crippen LogP contribution is -2.33. The highest BCUT2D eigenvalue weighted by molar-refractivity contribution is 7.63. The SMILES string of the molecule is Cc1ccc(N=P(N(C)C)(N(C)C)C(C)(C)C)c(C)c1. The van der Waals surface area contributed by atoms with Crippen molar-refractivity contribution in [3.63, 3.8) is 0 Å². The monoisotopic (exact) mass is 295 g/mol. The van der Waals surface area contributed by atoms with Crippen molar-refractivity contribution in [2.75, 3.05) is 28.2 Å². The minimum Gasteiger partial charge on any atom is -0.263 e. The van der Waals surface area contributed by atoms with Crippen LogP contribution in [-0.2, 0) is 0 Å². The number of hydrogen-bond acceptors (Lipinski definition) is 1. The molecule has 114 valence electrons. The van der Waals surface area contributed by atoms with Crippen LogP contribution in [0.3, 0.4) is 0 Å². The quantitative estimate of drug-likeness (QED) is 0.739. The molecule has 0 aliphatic carbocycles. The molecule has 0 amide bonds. The van der Waals surface area contributed by atoms with Crippen LogP contribution in [0.15, 0.2) is 22.9 Å². The topological polar surface area (TPSA) is 18.8 Å². The summed E-state index contributed by atoms with van der Waals surface area (Å²) < 4.78 is 9.89. The smallest absolute Gasteiger partial charge is 0.107 e. The molecule has 0 radical (unpaired) electrons. The Morgan fingerprint density at radius 3 is 1.80 bits per heavy atom. The second kappa shape index (κ2) is 6.01. The van der Waals surface area contributed by atoms with Crippen LogP contribution in [0.4, 0.5) is 5.69 Å². The second-order valence-corrected chi connectivity index (χ2v) is 11.1. The molecule has 0 saturated heterocycles. The van der Waals surface area contributed by atoms with E-state index in [9.17, 15) is 0 Å². The van der Waals surface area contributed by atoms with Gasteiger partial charge in [-0.2, -0.15) is 0 Å². The van der Waals surface area contributed by atoms with Crippen LogP contribution < -0.4 is 0 Å². The molecule has 0 bridgehead atoms. The van der Waals surface area contributed by atoms with E-state index in [0.717, 1.165) is 5.69 Å². The zero-order valence-corrected chi connectivity index (χ0v) is 15.4. The lowest BCUT2D eigenvalue weighted by molar-refractivity contribution is 0.517. The zero-order chi connectivity index (χ0) is 15.7. The van der Waals surface area contributed by atoms with Gasteiger partial charge in [-0.3, -0.25) is 9.34 Å². The molecule has 1 rings (SSSR count). The largest absolute Gasteiger partial charge is 0.263 e. The van der Waals surface area contributed by atoms with Gasteiger partial charge in [-0.05, 0) is 53.7 Å². The Bertz CT molecular complexity index is 513. The average Bonchev–Trinajstić information content (AvgIpc) is 2.25. The Balaban J connectivity index is 3.64. The van der Waals surface area contributed by atoms with Gasteiger partial charge in [0.2, 0.25) is 0 Å². The number of benzene rings is 1. The molecular weight excluding hydrogens is 265 g/mol. The summed E-state index contributed by atoms with van der Waals surface area (Å²) in [5.74, 6) is 0. The number of aryl methyl sites for hydroxylation is 2. The Hall–Kier alpha value is -0.630. The highest BCUT2D eigenvalue weighted by atomic mass is 31.2. The van der Waals surface area contributed by atoms with Crippen molar-refractivity contribution in [1.82, 2.24) is 9.34 Å². The van der Waals surface area contributed by atoms with Gasteiger partial charge in [-0.1, -0.05) is 38.5 Å². The van der Waals surface area contributed by atoms with Crippen LogP contribution in [0.1, 0.15) is 31.9 Å². The molecule has 0 aliphatic rings. The summed E-state index contributed by atoms with van der Waals surface area (Å²) in [6.07, 6.45) is 0. The molecule has 1 aromatic carbocycles. The third-order valence-electron chi connectivity index (χ3n) is 3.62.